The molecule has 0 fully saturated rings. The van der Waals surface area contributed by atoms with Gasteiger partial charge in [-0.25, -0.2) is 0 Å². The Balaban J connectivity index is 1.63. The Morgan fingerprint density at radius 2 is 1.25 bits per heavy atom. The molecule has 0 saturated carbocycles. The van der Waals surface area contributed by atoms with E-state index in [-0.39, 0.29) is 12.0 Å². The summed E-state index contributed by atoms with van der Waals surface area (Å²) in [6.07, 6.45) is 4.47. The van der Waals surface area contributed by atoms with Crippen LogP contribution in [-0.4, -0.2) is 26.2 Å². The lowest BCUT2D eigenvalue weighted by atomic mass is 9.75. The average molecular weight is 481 g/mol. The predicted molar refractivity (Wildman–Crippen MR) is 154 cm³/mol. The molecule has 3 aromatic carbocycles. The zero-order chi connectivity index (χ0) is 25.5. The largest absolute Gasteiger partial charge is 0.372 e. The van der Waals surface area contributed by atoms with Gasteiger partial charge in [-0.05, 0) is 74.7 Å². The predicted octanol–water partition coefficient (Wildman–Crippen LogP) is 8.13. The van der Waals surface area contributed by atoms with Gasteiger partial charge in [0.1, 0.15) is 11.6 Å². The second kappa shape index (κ2) is 11.6. The first-order valence-electron chi connectivity index (χ1n) is 13.4. The topological polar surface area (TPSA) is 31.2 Å². The number of rotatable bonds is 10. The molecule has 188 valence electrons. The number of hydrogen-bond donors (Lipinski definition) is 0. The molecule has 4 heteroatoms. The Bertz CT molecular complexity index is 1140. The van der Waals surface area contributed by atoms with Gasteiger partial charge in [-0.3, -0.25) is 0 Å². The molecular weight excluding hydrogens is 440 g/mol. The third-order valence-electron chi connectivity index (χ3n) is 7.67. The van der Waals surface area contributed by atoms with Gasteiger partial charge in [0.25, 0.3) is 0 Å². The van der Waals surface area contributed by atoms with Crippen LogP contribution in [-0.2, 0) is 5.54 Å². The van der Waals surface area contributed by atoms with Gasteiger partial charge in [-0.1, -0.05) is 67.6 Å². The third-order valence-corrected chi connectivity index (χ3v) is 7.67. The van der Waals surface area contributed by atoms with Crippen molar-refractivity contribution in [3.8, 4) is 0 Å². The molecule has 0 N–H and O–H groups in total. The van der Waals surface area contributed by atoms with E-state index < -0.39 is 5.54 Å². The monoisotopic (exact) mass is 480 g/mol. The molecule has 1 aliphatic rings. The zero-order valence-electron chi connectivity index (χ0n) is 22.4. The zero-order valence-corrected chi connectivity index (χ0v) is 22.4. The minimum absolute atomic E-state index is 0.0191. The van der Waals surface area contributed by atoms with Crippen molar-refractivity contribution in [1.82, 2.24) is 0 Å². The Labute approximate surface area is 217 Å². The van der Waals surface area contributed by atoms with Gasteiger partial charge < -0.3 is 9.80 Å². The van der Waals surface area contributed by atoms with Crippen LogP contribution in [0.2, 0.25) is 0 Å². The van der Waals surface area contributed by atoms with Crippen LogP contribution in [0.5, 0.6) is 0 Å². The molecule has 0 amide bonds. The first kappa shape index (κ1) is 25.7. The van der Waals surface area contributed by atoms with Gasteiger partial charge in [0.2, 0.25) is 0 Å². The highest BCUT2D eigenvalue weighted by Crippen LogP contribution is 2.49. The summed E-state index contributed by atoms with van der Waals surface area (Å²) in [5.74, 6) is 0.186. The number of nitrogens with zero attached hydrogens (tertiary/aromatic N) is 4. The Hall–Kier alpha value is -3.40. The van der Waals surface area contributed by atoms with Crippen molar-refractivity contribution in [1.29, 1.82) is 0 Å². The van der Waals surface area contributed by atoms with Gasteiger partial charge in [0.15, 0.2) is 0 Å². The third kappa shape index (κ3) is 5.09. The van der Waals surface area contributed by atoms with E-state index in [4.69, 9.17) is 10.2 Å². The van der Waals surface area contributed by atoms with Crippen LogP contribution in [0.15, 0.2) is 95.2 Å². The van der Waals surface area contributed by atoms with Gasteiger partial charge in [0.05, 0.1) is 0 Å². The SMILES string of the molecule is CCN(CC)c1ccc(C=CC2(c3ccccc3)N=NC(c3ccc(N(CC)CC)cc3)C2C)cc1. The minimum atomic E-state index is -0.499. The summed E-state index contributed by atoms with van der Waals surface area (Å²) in [6.45, 7) is 15.1. The highest BCUT2D eigenvalue weighted by atomic mass is 15.2. The van der Waals surface area contributed by atoms with Crippen molar-refractivity contribution in [3.05, 3.63) is 102 Å². The van der Waals surface area contributed by atoms with E-state index in [1.165, 1.54) is 28.1 Å². The van der Waals surface area contributed by atoms with Crippen molar-refractivity contribution in [3.63, 3.8) is 0 Å². The van der Waals surface area contributed by atoms with Crippen molar-refractivity contribution < 1.29 is 0 Å². The Morgan fingerprint density at radius 3 is 1.78 bits per heavy atom. The Kier molecular flexibility index (Phi) is 8.25. The average Bonchev–Trinajstić information content (AvgIpc) is 3.27. The quantitative estimate of drug-likeness (QED) is 0.293. The molecule has 3 unspecified atom stereocenters. The van der Waals surface area contributed by atoms with Gasteiger partial charge in [0, 0.05) is 43.5 Å². The molecule has 3 aromatic rings. The molecule has 4 nitrogen and oxygen atoms in total. The molecule has 3 atom stereocenters. The lowest BCUT2D eigenvalue weighted by Crippen LogP contribution is -2.28. The first-order chi connectivity index (χ1) is 17.6. The van der Waals surface area contributed by atoms with Crippen molar-refractivity contribution in [2.75, 3.05) is 36.0 Å². The summed E-state index contributed by atoms with van der Waals surface area (Å²) in [7, 11) is 0. The standard InChI is InChI=1S/C32H40N4/c1-6-35(7-2)29-19-15-26(16-20-29)23-24-32(28-13-11-10-12-14-28)25(5)31(33-34-32)27-17-21-30(22-18-27)36(8-3)9-4/h10-25,31H,6-9H2,1-5H3. The first-order valence-corrected chi connectivity index (χ1v) is 13.4. The molecule has 0 aliphatic carbocycles. The summed E-state index contributed by atoms with van der Waals surface area (Å²) in [5.41, 5.74) is 5.60. The Morgan fingerprint density at radius 1 is 0.722 bits per heavy atom. The summed E-state index contributed by atoms with van der Waals surface area (Å²) in [6, 6.07) is 28.3. The van der Waals surface area contributed by atoms with Crippen LogP contribution < -0.4 is 9.80 Å². The van der Waals surface area contributed by atoms with Crippen molar-refractivity contribution >= 4 is 17.5 Å². The van der Waals surface area contributed by atoms with E-state index in [9.17, 15) is 0 Å². The maximum atomic E-state index is 4.97. The molecule has 0 saturated heterocycles. The molecule has 0 aromatic heterocycles. The van der Waals surface area contributed by atoms with E-state index in [1.807, 2.05) is 0 Å². The summed E-state index contributed by atoms with van der Waals surface area (Å²) in [5, 5.41) is 9.83. The summed E-state index contributed by atoms with van der Waals surface area (Å²) in [4.78, 5) is 4.73. The van der Waals surface area contributed by atoms with Crippen LogP contribution in [0.4, 0.5) is 11.4 Å². The van der Waals surface area contributed by atoms with E-state index in [2.05, 4.69) is 135 Å². The fourth-order valence-electron chi connectivity index (χ4n) is 5.33. The molecule has 1 aliphatic heterocycles. The normalized spacial score (nSPS) is 21.2. The summed E-state index contributed by atoms with van der Waals surface area (Å²) < 4.78 is 0. The molecule has 1 heterocycles. The van der Waals surface area contributed by atoms with E-state index in [0.717, 1.165) is 26.2 Å². The minimum Gasteiger partial charge on any atom is -0.372 e. The van der Waals surface area contributed by atoms with Gasteiger partial charge in [-0.2, -0.15) is 10.2 Å². The van der Waals surface area contributed by atoms with Crippen molar-refractivity contribution in [2.45, 2.75) is 46.2 Å². The number of azo groups is 1. The number of benzene rings is 3. The maximum absolute atomic E-state index is 4.97. The molecule has 0 bridgehead atoms. The van der Waals surface area contributed by atoms with Gasteiger partial charge in [-0.15, -0.1) is 0 Å². The molecule has 36 heavy (non-hydrogen) atoms. The van der Waals surface area contributed by atoms with Crippen LogP contribution in [0.1, 0.15) is 57.4 Å². The van der Waals surface area contributed by atoms with E-state index in [1.54, 1.807) is 0 Å². The van der Waals surface area contributed by atoms with Crippen LogP contribution in [0.3, 0.4) is 0 Å². The second-order valence-electron chi connectivity index (χ2n) is 9.50. The molecular formula is C32H40N4. The smallest absolute Gasteiger partial charge is 0.130 e. The van der Waals surface area contributed by atoms with Crippen LogP contribution in [0.25, 0.3) is 6.08 Å². The van der Waals surface area contributed by atoms with Crippen molar-refractivity contribution in [2.24, 2.45) is 16.1 Å². The van der Waals surface area contributed by atoms with E-state index in [0.29, 0.717) is 0 Å². The van der Waals surface area contributed by atoms with Crippen LogP contribution in [0, 0.1) is 5.92 Å². The highest BCUT2D eigenvalue weighted by Gasteiger charge is 2.45. The summed E-state index contributed by atoms with van der Waals surface area (Å²) >= 11 is 0. The van der Waals surface area contributed by atoms with Gasteiger partial charge >= 0.3 is 0 Å². The number of anilines is 2. The van der Waals surface area contributed by atoms with Crippen LogP contribution >= 0.6 is 0 Å². The lowest BCUT2D eigenvalue weighted by Gasteiger charge is -2.30. The fourth-order valence-corrected chi connectivity index (χ4v) is 5.33. The molecule has 0 spiro atoms. The van der Waals surface area contributed by atoms with E-state index >= 15 is 0 Å². The maximum Gasteiger partial charge on any atom is 0.130 e. The molecule has 0 radical (unpaired) electrons. The second-order valence-corrected chi connectivity index (χ2v) is 9.50. The number of hydrogen-bond acceptors (Lipinski definition) is 4. The fraction of sp³-hybridized carbons (Fsp3) is 0.375. The molecule has 4 rings (SSSR count). The lowest BCUT2D eigenvalue weighted by molar-refractivity contribution is 0.379. The highest BCUT2D eigenvalue weighted by molar-refractivity contribution is 5.58.